The minimum Gasteiger partial charge on any atom is -0.346 e. The summed E-state index contributed by atoms with van der Waals surface area (Å²) in [6, 6.07) is 9.67. The van der Waals surface area contributed by atoms with E-state index in [9.17, 15) is 4.79 Å². The van der Waals surface area contributed by atoms with Gasteiger partial charge in [0.05, 0.1) is 0 Å². The quantitative estimate of drug-likeness (QED) is 0.675. The van der Waals surface area contributed by atoms with Crippen LogP contribution in [0.25, 0.3) is 4.96 Å². The highest BCUT2D eigenvalue weighted by atomic mass is 35.5. The summed E-state index contributed by atoms with van der Waals surface area (Å²) in [5.41, 5.74) is 1.88. The molecule has 0 bridgehead atoms. The van der Waals surface area contributed by atoms with Gasteiger partial charge in [-0.05, 0) is 31.0 Å². The predicted molar refractivity (Wildman–Crippen MR) is 104 cm³/mol. The predicted octanol–water partition coefficient (Wildman–Crippen LogP) is 4.00. The van der Waals surface area contributed by atoms with Crippen LogP contribution in [-0.2, 0) is 6.42 Å². The molecule has 2 heterocycles. The maximum atomic E-state index is 12.2. The van der Waals surface area contributed by atoms with Crippen molar-refractivity contribution in [2.45, 2.75) is 39.2 Å². The molecule has 0 fully saturated rings. The number of aryl methyl sites for hydroxylation is 1. The Kier molecular flexibility index (Phi) is 5.11. The second-order valence-corrected chi connectivity index (χ2v) is 7.58. The third-order valence-electron chi connectivity index (χ3n) is 4.68. The molecule has 0 aliphatic heterocycles. The van der Waals surface area contributed by atoms with Crippen molar-refractivity contribution >= 4 is 33.0 Å². The van der Waals surface area contributed by atoms with Gasteiger partial charge in [0.15, 0.2) is 0 Å². The number of fused-ring (bicyclic) bond motifs is 1. The van der Waals surface area contributed by atoms with Crippen LogP contribution in [0.5, 0.6) is 0 Å². The van der Waals surface area contributed by atoms with Crippen LogP contribution >= 0.6 is 22.9 Å². The summed E-state index contributed by atoms with van der Waals surface area (Å²) >= 11 is 7.42. The lowest BCUT2D eigenvalue weighted by molar-refractivity contribution is 0.576. The summed E-state index contributed by atoms with van der Waals surface area (Å²) in [6.07, 6.45) is 0.735. The molecule has 0 aliphatic carbocycles. The summed E-state index contributed by atoms with van der Waals surface area (Å²) in [4.78, 5) is 19.4. The number of hydrogen-bond acceptors (Lipinski definition) is 5. The smallest absolute Gasteiger partial charge is 0.275 e. The molecule has 2 atom stereocenters. The molecule has 3 aromatic rings. The molecule has 25 heavy (non-hydrogen) atoms. The van der Waals surface area contributed by atoms with E-state index < -0.39 is 0 Å². The van der Waals surface area contributed by atoms with Gasteiger partial charge < -0.3 is 4.90 Å². The second-order valence-electron chi connectivity index (χ2n) is 6.21. The molecule has 132 valence electrons. The molecule has 0 amide bonds. The van der Waals surface area contributed by atoms with Gasteiger partial charge in [-0.3, -0.25) is 4.79 Å². The summed E-state index contributed by atoms with van der Waals surface area (Å²) < 4.78 is 1.38. The number of hydrogen-bond donors (Lipinski definition) is 0. The third-order valence-corrected chi connectivity index (χ3v) is 5.93. The van der Waals surface area contributed by atoms with E-state index in [1.165, 1.54) is 21.4 Å². The molecule has 0 N–H and O–H groups in total. The van der Waals surface area contributed by atoms with Crippen molar-refractivity contribution in [2.75, 3.05) is 11.9 Å². The highest BCUT2D eigenvalue weighted by Crippen LogP contribution is 2.29. The normalized spacial score (nSPS) is 13.8. The van der Waals surface area contributed by atoms with Gasteiger partial charge in [-0.2, -0.15) is 4.52 Å². The van der Waals surface area contributed by atoms with Gasteiger partial charge in [0, 0.05) is 35.8 Å². The molecule has 5 nitrogen and oxygen atoms in total. The molecule has 0 aliphatic rings. The van der Waals surface area contributed by atoms with E-state index >= 15 is 0 Å². The third kappa shape index (κ3) is 3.55. The van der Waals surface area contributed by atoms with Gasteiger partial charge in [0.2, 0.25) is 10.1 Å². The van der Waals surface area contributed by atoms with E-state index in [-0.39, 0.29) is 17.5 Å². The van der Waals surface area contributed by atoms with Crippen LogP contribution in [0.4, 0.5) is 5.13 Å². The first kappa shape index (κ1) is 17.9. The van der Waals surface area contributed by atoms with Crippen molar-refractivity contribution < 1.29 is 0 Å². The molecule has 3 rings (SSSR count). The highest BCUT2D eigenvalue weighted by molar-refractivity contribution is 7.20. The summed E-state index contributed by atoms with van der Waals surface area (Å²) in [6.45, 7) is 6.32. The minimum atomic E-state index is -0.129. The first-order chi connectivity index (χ1) is 11.9. The Balaban J connectivity index is 1.90. The molecular formula is C18H21ClN4OS. The highest BCUT2D eigenvalue weighted by Gasteiger charge is 2.22. The van der Waals surface area contributed by atoms with Crippen molar-refractivity contribution in [3.05, 3.63) is 57.0 Å². The van der Waals surface area contributed by atoms with Crippen LogP contribution in [0.1, 0.15) is 37.9 Å². The van der Waals surface area contributed by atoms with E-state index in [1.807, 2.05) is 26.1 Å². The number of aromatic nitrogens is 3. The Bertz CT molecular complexity index is 934. The Hall–Kier alpha value is -1.92. The molecule has 0 unspecified atom stereocenters. The van der Waals surface area contributed by atoms with E-state index in [4.69, 9.17) is 11.6 Å². The largest absolute Gasteiger partial charge is 0.346 e. The van der Waals surface area contributed by atoms with E-state index in [0.29, 0.717) is 4.96 Å². The lowest BCUT2D eigenvalue weighted by atomic mass is 9.94. The van der Waals surface area contributed by atoms with E-state index in [2.05, 4.69) is 41.0 Å². The molecule has 2 aromatic heterocycles. The summed E-state index contributed by atoms with van der Waals surface area (Å²) in [5, 5.41) is 5.98. The molecule has 0 spiro atoms. The van der Waals surface area contributed by atoms with Crippen LogP contribution in [0.3, 0.4) is 0 Å². The average molecular weight is 377 g/mol. The number of likely N-dealkylation sites (N-methyl/N-ethyl adjacent to an activating group) is 1. The number of nitrogens with zero attached hydrogens (tertiary/aromatic N) is 4. The standard InChI is InChI=1S/C18H21ClN4OS/c1-5-15-10-16(24)23-17(20-15)25-18(21-23)22(4)12(3)11(2)13-6-8-14(19)9-7-13/h6-12H,5H2,1-4H3/t11-,12+/m1/s1. The molecular weight excluding hydrogens is 356 g/mol. The van der Waals surface area contributed by atoms with E-state index in [1.54, 1.807) is 6.07 Å². The average Bonchev–Trinajstić information content (AvgIpc) is 3.05. The lowest BCUT2D eigenvalue weighted by Crippen LogP contribution is -2.33. The number of benzene rings is 1. The van der Waals surface area contributed by atoms with Crippen molar-refractivity contribution in [3.8, 4) is 0 Å². The zero-order chi connectivity index (χ0) is 18.1. The monoisotopic (exact) mass is 376 g/mol. The van der Waals surface area contributed by atoms with Crippen molar-refractivity contribution in [1.29, 1.82) is 0 Å². The fourth-order valence-corrected chi connectivity index (χ4v) is 3.83. The lowest BCUT2D eigenvalue weighted by Gasteiger charge is -2.29. The maximum Gasteiger partial charge on any atom is 0.275 e. The topological polar surface area (TPSA) is 50.5 Å². The van der Waals surface area contributed by atoms with Crippen molar-refractivity contribution in [3.63, 3.8) is 0 Å². The Morgan fingerprint density at radius 2 is 1.96 bits per heavy atom. The van der Waals surface area contributed by atoms with Gasteiger partial charge >= 0.3 is 0 Å². The fraction of sp³-hybridized carbons (Fsp3) is 0.389. The first-order valence-electron chi connectivity index (χ1n) is 8.28. The Labute approximate surface area is 155 Å². The summed E-state index contributed by atoms with van der Waals surface area (Å²) in [5.74, 6) is 0.283. The molecule has 0 saturated heterocycles. The van der Waals surface area contributed by atoms with Gasteiger partial charge in [0.1, 0.15) is 0 Å². The van der Waals surface area contributed by atoms with Crippen LogP contribution in [-0.4, -0.2) is 27.7 Å². The number of halogens is 1. The zero-order valence-corrected chi connectivity index (χ0v) is 16.3. The van der Waals surface area contributed by atoms with Gasteiger partial charge in [-0.25, -0.2) is 4.98 Å². The maximum absolute atomic E-state index is 12.2. The Morgan fingerprint density at radius 3 is 2.60 bits per heavy atom. The SMILES string of the molecule is CCc1cc(=O)n2nc(N(C)[C@@H](C)[C@@H](C)c3ccc(Cl)cc3)sc2n1. The molecule has 0 radical (unpaired) electrons. The molecule has 1 aromatic carbocycles. The van der Waals surface area contributed by atoms with Gasteiger partial charge in [-0.15, -0.1) is 5.10 Å². The number of anilines is 1. The molecule has 7 heteroatoms. The number of rotatable bonds is 5. The van der Waals surface area contributed by atoms with Crippen LogP contribution < -0.4 is 10.5 Å². The van der Waals surface area contributed by atoms with Crippen molar-refractivity contribution in [1.82, 2.24) is 14.6 Å². The van der Waals surface area contributed by atoms with Gasteiger partial charge in [-0.1, -0.05) is 48.9 Å². The first-order valence-corrected chi connectivity index (χ1v) is 9.48. The second kappa shape index (κ2) is 7.14. The van der Waals surface area contributed by atoms with Crippen molar-refractivity contribution in [2.24, 2.45) is 0 Å². The Morgan fingerprint density at radius 1 is 1.28 bits per heavy atom. The van der Waals surface area contributed by atoms with Crippen LogP contribution in [0.2, 0.25) is 5.02 Å². The van der Waals surface area contributed by atoms with E-state index in [0.717, 1.165) is 22.3 Å². The minimum absolute atomic E-state index is 0.129. The molecule has 0 saturated carbocycles. The fourth-order valence-electron chi connectivity index (χ4n) is 2.72. The van der Waals surface area contributed by atoms with Gasteiger partial charge in [0.25, 0.3) is 5.56 Å². The zero-order valence-electron chi connectivity index (χ0n) is 14.7. The van der Waals surface area contributed by atoms with Crippen LogP contribution in [0.15, 0.2) is 35.1 Å². The van der Waals surface area contributed by atoms with Crippen LogP contribution in [0, 0.1) is 0 Å². The summed E-state index contributed by atoms with van der Waals surface area (Å²) in [7, 11) is 2.00.